The molecule has 2 atom stereocenters. The van der Waals surface area contributed by atoms with E-state index < -0.39 is 41.2 Å². The summed E-state index contributed by atoms with van der Waals surface area (Å²) in [5.74, 6) is 0. The Labute approximate surface area is 151 Å². The van der Waals surface area contributed by atoms with Gasteiger partial charge in [-0.2, -0.15) is 26.3 Å². The summed E-state index contributed by atoms with van der Waals surface area (Å²) < 4.78 is 78.0. The van der Waals surface area contributed by atoms with Crippen LogP contribution in [0.5, 0.6) is 0 Å². The number of hydrogen-bond acceptors (Lipinski definition) is 3. The Balaban J connectivity index is 2.25. The smallest absolute Gasteiger partial charge is 0.326 e. The fourth-order valence-corrected chi connectivity index (χ4v) is 3.14. The largest absolute Gasteiger partial charge is 0.416 e. The number of nitrogens with one attached hydrogen (secondary N) is 1. The summed E-state index contributed by atoms with van der Waals surface area (Å²) in [6, 6.07) is -0.890. The number of hydrogen-bond donors (Lipinski definition) is 3. The van der Waals surface area contributed by atoms with Gasteiger partial charge in [-0.1, -0.05) is 25.7 Å². The topological polar surface area (TPSA) is 58.4 Å². The van der Waals surface area contributed by atoms with Crippen LogP contribution in [0.15, 0.2) is 18.2 Å². The minimum absolute atomic E-state index is 0.00876. The maximum atomic E-state index is 12.9. The predicted molar refractivity (Wildman–Crippen MR) is 86.5 cm³/mol. The zero-order chi connectivity index (χ0) is 19.7. The van der Waals surface area contributed by atoms with Crippen molar-refractivity contribution in [2.45, 2.75) is 50.1 Å². The lowest BCUT2D eigenvalue weighted by molar-refractivity contribution is -0.143. The summed E-state index contributed by atoms with van der Waals surface area (Å²) in [4.78, 5) is 12.2. The molecule has 0 spiro atoms. The first-order chi connectivity index (χ1) is 11.9. The van der Waals surface area contributed by atoms with E-state index in [0.29, 0.717) is 25.0 Å². The van der Waals surface area contributed by atoms with Crippen LogP contribution in [0.3, 0.4) is 0 Å². The molecule has 0 aliphatic heterocycles. The standard InChI is InChI=1S/C15H17F6N3OS/c16-14(17,18)8-5-9(15(19,20)21)7-10(6-8)23-13(25)24(26)12-4-2-1-3-11(12)22/h5-7,11-12,26H,1-4,22H2,(H,23,25). The van der Waals surface area contributed by atoms with Gasteiger partial charge < -0.3 is 11.1 Å². The molecule has 0 bridgehead atoms. The Kier molecular flexibility index (Phi) is 6.01. The van der Waals surface area contributed by atoms with Crippen LogP contribution < -0.4 is 11.1 Å². The molecule has 1 aromatic carbocycles. The third kappa shape index (κ3) is 4.97. The van der Waals surface area contributed by atoms with Crippen molar-refractivity contribution in [2.75, 3.05) is 5.32 Å². The number of alkyl halides is 6. The first kappa shape index (κ1) is 20.7. The van der Waals surface area contributed by atoms with Gasteiger partial charge in [0.25, 0.3) is 0 Å². The average Bonchev–Trinajstić information content (AvgIpc) is 2.52. The zero-order valence-corrected chi connectivity index (χ0v) is 14.3. The van der Waals surface area contributed by atoms with Crippen LogP contribution >= 0.6 is 12.8 Å². The molecule has 0 radical (unpaired) electrons. The number of amides is 2. The van der Waals surface area contributed by atoms with E-state index in [0.717, 1.165) is 17.1 Å². The van der Waals surface area contributed by atoms with E-state index in [4.69, 9.17) is 5.73 Å². The van der Waals surface area contributed by atoms with E-state index >= 15 is 0 Å². The minimum Gasteiger partial charge on any atom is -0.326 e. The summed E-state index contributed by atoms with van der Waals surface area (Å²) in [6.07, 6.45) is -7.11. The van der Waals surface area contributed by atoms with Crippen molar-refractivity contribution in [1.82, 2.24) is 4.31 Å². The van der Waals surface area contributed by atoms with E-state index in [-0.39, 0.29) is 12.1 Å². The maximum Gasteiger partial charge on any atom is 0.416 e. The molecule has 4 nitrogen and oxygen atoms in total. The highest BCUT2D eigenvalue weighted by Gasteiger charge is 2.37. The number of urea groups is 1. The fraction of sp³-hybridized carbons (Fsp3) is 0.533. The lowest BCUT2D eigenvalue weighted by Gasteiger charge is -2.34. The van der Waals surface area contributed by atoms with Gasteiger partial charge in [-0.3, -0.25) is 4.31 Å². The van der Waals surface area contributed by atoms with Crippen molar-refractivity contribution in [3.8, 4) is 0 Å². The van der Waals surface area contributed by atoms with Crippen molar-refractivity contribution in [3.63, 3.8) is 0 Å². The number of nitrogens with two attached hydrogens (primary N) is 1. The van der Waals surface area contributed by atoms with Crippen molar-refractivity contribution in [3.05, 3.63) is 29.3 Å². The van der Waals surface area contributed by atoms with Gasteiger partial charge in [0, 0.05) is 11.7 Å². The predicted octanol–water partition coefficient (Wildman–Crippen LogP) is 4.67. The lowest BCUT2D eigenvalue weighted by atomic mass is 9.91. The molecule has 146 valence electrons. The monoisotopic (exact) mass is 401 g/mol. The van der Waals surface area contributed by atoms with E-state index in [9.17, 15) is 31.1 Å². The van der Waals surface area contributed by atoms with Crippen LogP contribution in [0.1, 0.15) is 36.8 Å². The van der Waals surface area contributed by atoms with Gasteiger partial charge in [-0.25, -0.2) is 4.79 Å². The average molecular weight is 401 g/mol. The van der Waals surface area contributed by atoms with E-state index in [2.05, 4.69) is 12.8 Å². The molecule has 1 fully saturated rings. The third-order valence-corrected chi connectivity index (χ3v) is 4.62. The molecular weight excluding hydrogens is 384 g/mol. The summed E-state index contributed by atoms with van der Waals surface area (Å²) in [5, 5.41) is 2.04. The lowest BCUT2D eigenvalue weighted by Crippen LogP contribution is -2.49. The molecule has 2 amide bonds. The van der Waals surface area contributed by atoms with E-state index in [1.807, 2.05) is 5.32 Å². The number of rotatable bonds is 2. The molecule has 0 saturated heterocycles. The fourth-order valence-electron chi connectivity index (χ4n) is 2.80. The normalized spacial score (nSPS) is 21.4. The summed E-state index contributed by atoms with van der Waals surface area (Å²) in [6.45, 7) is 0. The van der Waals surface area contributed by atoms with Crippen molar-refractivity contribution in [2.24, 2.45) is 5.73 Å². The highest BCUT2D eigenvalue weighted by atomic mass is 32.1. The van der Waals surface area contributed by atoms with Crippen LogP contribution in [0, 0.1) is 0 Å². The van der Waals surface area contributed by atoms with Gasteiger partial charge in [0.1, 0.15) is 0 Å². The van der Waals surface area contributed by atoms with Gasteiger partial charge in [0.2, 0.25) is 0 Å². The van der Waals surface area contributed by atoms with Crippen LogP contribution in [0.4, 0.5) is 36.8 Å². The summed E-state index contributed by atoms with van der Waals surface area (Å²) in [5.41, 5.74) is 2.26. The Hall–Kier alpha value is -1.62. The molecule has 0 heterocycles. The van der Waals surface area contributed by atoms with Crippen molar-refractivity contribution < 1.29 is 31.1 Å². The van der Waals surface area contributed by atoms with E-state index in [1.165, 1.54) is 0 Å². The highest BCUT2D eigenvalue weighted by molar-refractivity contribution is 7.78. The van der Waals surface area contributed by atoms with Crippen LogP contribution in [0.2, 0.25) is 0 Å². The Bertz CT molecular complexity index is 632. The number of benzene rings is 1. The molecule has 2 rings (SSSR count). The van der Waals surface area contributed by atoms with Gasteiger partial charge >= 0.3 is 18.4 Å². The SMILES string of the molecule is NC1CCCCC1N(S)C(=O)Nc1cc(C(F)(F)F)cc(C(F)(F)F)c1. The highest BCUT2D eigenvalue weighted by Crippen LogP contribution is 2.37. The molecule has 1 aliphatic rings. The second-order valence-electron chi connectivity index (χ2n) is 6.08. The molecule has 1 saturated carbocycles. The van der Waals surface area contributed by atoms with Gasteiger partial charge in [0.15, 0.2) is 0 Å². The Morgan fingerprint density at radius 3 is 2.00 bits per heavy atom. The van der Waals surface area contributed by atoms with Gasteiger partial charge in [0.05, 0.1) is 17.2 Å². The molecule has 1 aliphatic carbocycles. The first-order valence-electron chi connectivity index (χ1n) is 7.74. The van der Waals surface area contributed by atoms with Crippen molar-refractivity contribution in [1.29, 1.82) is 0 Å². The second-order valence-corrected chi connectivity index (χ2v) is 6.52. The molecule has 0 aromatic heterocycles. The Morgan fingerprint density at radius 1 is 1.04 bits per heavy atom. The molecular formula is C15H17F6N3OS. The number of thiol groups is 1. The number of anilines is 1. The van der Waals surface area contributed by atoms with E-state index in [1.54, 1.807) is 0 Å². The van der Waals surface area contributed by atoms with Crippen LogP contribution in [-0.2, 0) is 12.4 Å². The number of nitrogens with zero attached hydrogens (tertiary/aromatic N) is 1. The molecule has 3 N–H and O–H groups in total. The summed E-state index contributed by atoms with van der Waals surface area (Å²) >= 11 is 4.02. The van der Waals surface area contributed by atoms with Crippen LogP contribution in [-0.4, -0.2) is 22.4 Å². The molecule has 26 heavy (non-hydrogen) atoms. The zero-order valence-electron chi connectivity index (χ0n) is 13.4. The second kappa shape index (κ2) is 7.55. The quantitative estimate of drug-likeness (QED) is 0.498. The number of carbonyl (C=O) groups excluding carboxylic acids is 1. The Morgan fingerprint density at radius 2 is 1.54 bits per heavy atom. The molecule has 2 unspecified atom stereocenters. The van der Waals surface area contributed by atoms with Crippen LogP contribution in [0.25, 0.3) is 0 Å². The maximum absolute atomic E-state index is 12.9. The number of halogens is 6. The minimum atomic E-state index is -4.99. The number of carbonyl (C=O) groups is 1. The molecule has 1 aromatic rings. The van der Waals surface area contributed by atoms with Gasteiger partial charge in [-0.15, -0.1) is 0 Å². The van der Waals surface area contributed by atoms with Crippen molar-refractivity contribution >= 4 is 24.5 Å². The summed E-state index contributed by atoms with van der Waals surface area (Å²) in [7, 11) is 0. The third-order valence-electron chi connectivity index (χ3n) is 4.14. The first-order valence-corrected chi connectivity index (χ1v) is 8.14. The molecule has 11 heteroatoms. The van der Waals surface area contributed by atoms with Gasteiger partial charge in [-0.05, 0) is 31.0 Å².